The third-order valence-electron chi connectivity index (χ3n) is 8.07. The molecule has 1 atom stereocenters. The number of piperidine rings is 1. The van der Waals surface area contributed by atoms with E-state index in [2.05, 4.69) is 38.6 Å². The molecule has 0 bridgehead atoms. The lowest BCUT2D eigenvalue weighted by atomic mass is 9.87. The first-order chi connectivity index (χ1) is 18.0. The summed E-state index contributed by atoms with van der Waals surface area (Å²) in [7, 11) is 0. The Kier molecular flexibility index (Phi) is 8.24. The Hall–Kier alpha value is -2.32. The number of hydrogen-bond acceptors (Lipinski definition) is 4. The third kappa shape index (κ3) is 5.90. The van der Waals surface area contributed by atoms with Gasteiger partial charge in [0.15, 0.2) is 5.65 Å². The van der Waals surface area contributed by atoms with Crippen LogP contribution in [0.25, 0.3) is 16.9 Å². The van der Waals surface area contributed by atoms with Crippen LogP contribution in [0.3, 0.4) is 0 Å². The molecule has 2 aliphatic rings. The van der Waals surface area contributed by atoms with Gasteiger partial charge in [-0.3, -0.25) is 0 Å². The fourth-order valence-electron chi connectivity index (χ4n) is 5.81. The van der Waals surface area contributed by atoms with Crippen LogP contribution < -0.4 is 10.6 Å². The van der Waals surface area contributed by atoms with Gasteiger partial charge >= 0.3 is 6.03 Å². The first-order valence-electron chi connectivity index (χ1n) is 13.6. The van der Waals surface area contributed by atoms with Gasteiger partial charge in [-0.1, -0.05) is 62.4 Å². The largest absolute Gasteiger partial charge is 0.370 e. The molecule has 2 aromatic heterocycles. The number of rotatable bonds is 6. The summed E-state index contributed by atoms with van der Waals surface area (Å²) in [5, 5.41) is 12.2. The van der Waals surface area contributed by atoms with E-state index in [0.29, 0.717) is 10.9 Å². The highest BCUT2D eigenvalue weighted by Crippen LogP contribution is 2.32. The van der Waals surface area contributed by atoms with E-state index >= 15 is 0 Å². The van der Waals surface area contributed by atoms with Crippen LogP contribution in [0.1, 0.15) is 64.7 Å². The molecule has 1 saturated carbocycles. The number of amides is 2. The van der Waals surface area contributed by atoms with Crippen LogP contribution in [0.5, 0.6) is 0 Å². The van der Waals surface area contributed by atoms with Crippen molar-refractivity contribution in [1.82, 2.24) is 24.8 Å². The van der Waals surface area contributed by atoms with Crippen molar-refractivity contribution in [2.45, 2.75) is 70.3 Å². The molecule has 0 spiro atoms. The van der Waals surface area contributed by atoms with E-state index in [1.165, 1.54) is 25.7 Å². The van der Waals surface area contributed by atoms with Crippen molar-refractivity contribution < 1.29 is 4.79 Å². The molecular weight excluding hydrogens is 552 g/mol. The summed E-state index contributed by atoms with van der Waals surface area (Å²) in [6, 6.07) is 9.84. The van der Waals surface area contributed by atoms with Gasteiger partial charge in [0.25, 0.3) is 0 Å². The predicted octanol–water partition coefficient (Wildman–Crippen LogP) is 7.15. The van der Waals surface area contributed by atoms with Gasteiger partial charge in [-0.05, 0) is 60.0 Å². The minimum Gasteiger partial charge on any atom is -0.370 e. The molecule has 2 N–H and O–H groups in total. The fraction of sp³-hybridized carbons (Fsp3) is 0.536. The van der Waals surface area contributed by atoms with Crippen molar-refractivity contribution in [1.29, 1.82) is 0 Å². The zero-order chi connectivity index (χ0) is 25.8. The maximum Gasteiger partial charge on any atom is 0.317 e. The Balaban J connectivity index is 1.28. The van der Waals surface area contributed by atoms with Gasteiger partial charge in [-0.25, -0.2) is 9.78 Å². The predicted molar refractivity (Wildman–Crippen MR) is 153 cm³/mol. The minimum absolute atomic E-state index is 0.0377. The molecular formula is C28H36BrClN6O. The molecule has 1 saturated heterocycles. The molecule has 1 unspecified atom stereocenters. The van der Waals surface area contributed by atoms with Crippen LogP contribution in [-0.4, -0.2) is 50.7 Å². The SMILES string of the molecule is CCC1(NC(=O)N2CCCC(CNc3cc(-c4ccccc4Cl)nc4c(Br)cnn34)C2)CCCCCC1. The summed E-state index contributed by atoms with van der Waals surface area (Å²) in [6.45, 7) is 4.55. The summed E-state index contributed by atoms with van der Waals surface area (Å²) in [4.78, 5) is 20.2. The highest BCUT2D eigenvalue weighted by atomic mass is 79.9. The normalized spacial score (nSPS) is 20.0. The van der Waals surface area contributed by atoms with E-state index < -0.39 is 0 Å². The molecule has 7 nitrogen and oxygen atoms in total. The van der Waals surface area contributed by atoms with Crippen LogP contribution in [0.2, 0.25) is 5.02 Å². The lowest BCUT2D eigenvalue weighted by Crippen LogP contribution is -2.55. The van der Waals surface area contributed by atoms with Gasteiger partial charge < -0.3 is 15.5 Å². The zero-order valence-corrected chi connectivity index (χ0v) is 23.8. The average molecular weight is 588 g/mol. The average Bonchev–Trinajstić information content (AvgIpc) is 3.14. The van der Waals surface area contributed by atoms with E-state index in [4.69, 9.17) is 16.6 Å². The van der Waals surface area contributed by atoms with Gasteiger partial charge in [-0.2, -0.15) is 9.61 Å². The van der Waals surface area contributed by atoms with Gasteiger partial charge in [0.2, 0.25) is 0 Å². The molecule has 3 heterocycles. The summed E-state index contributed by atoms with van der Waals surface area (Å²) in [6.07, 6.45) is 12.0. The van der Waals surface area contributed by atoms with Gasteiger partial charge in [0.1, 0.15) is 5.82 Å². The molecule has 198 valence electrons. The fourth-order valence-corrected chi connectivity index (χ4v) is 6.39. The van der Waals surface area contributed by atoms with E-state index in [1.807, 2.05) is 39.7 Å². The standard InChI is InChI=1S/C28H36BrClN6O/c1-2-28(13-7-3-4-8-14-28)34-27(37)35-15-9-10-20(19-35)17-31-25-16-24(21-11-5-6-12-23(21)30)33-26-22(29)18-32-36(25)26/h5-6,11-12,16,18,20,31H,2-4,7-10,13-15,17,19H2,1H3,(H,34,37). The van der Waals surface area contributed by atoms with Gasteiger partial charge in [0.05, 0.1) is 16.4 Å². The number of urea groups is 1. The van der Waals surface area contributed by atoms with Gasteiger partial charge in [0, 0.05) is 41.8 Å². The van der Waals surface area contributed by atoms with Crippen molar-refractivity contribution in [2.75, 3.05) is 25.0 Å². The molecule has 5 rings (SSSR count). The number of benzene rings is 1. The molecule has 1 aliphatic carbocycles. The third-order valence-corrected chi connectivity index (χ3v) is 8.96. The Morgan fingerprint density at radius 1 is 1.19 bits per heavy atom. The molecule has 2 amide bonds. The van der Waals surface area contributed by atoms with E-state index in [0.717, 1.165) is 78.9 Å². The number of aromatic nitrogens is 3. The molecule has 1 aromatic carbocycles. The molecule has 1 aliphatic heterocycles. The number of fused-ring (bicyclic) bond motifs is 1. The summed E-state index contributed by atoms with van der Waals surface area (Å²) in [5.74, 6) is 1.22. The number of hydrogen-bond donors (Lipinski definition) is 2. The van der Waals surface area contributed by atoms with Crippen LogP contribution in [-0.2, 0) is 0 Å². The van der Waals surface area contributed by atoms with Gasteiger partial charge in [-0.15, -0.1) is 0 Å². The molecule has 9 heteroatoms. The maximum absolute atomic E-state index is 13.3. The lowest BCUT2D eigenvalue weighted by molar-refractivity contribution is 0.151. The van der Waals surface area contributed by atoms with Crippen LogP contribution in [0.15, 0.2) is 41.0 Å². The minimum atomic E-state index is -0.0377. The quantitative estimate of drug-likeness (QED) is 0.300. The van der Waals surface area contributed by atoms with Crippen LogP contribution in [0, 0.1) is 5.92 Å². The molecule has 0 radical (unpaired) electrons. The topological polar surface area (TPSA) is 74.6 Å². The number of nitrogens with zero attached hydrogens (tertiary/aromatic N) is 4. The number of nitrogens with one attached hydrogen (secondary N) is 2. The Morgan fingerprint density at radius 3 is 2.73 bits per heavy atom. The second-order valence-corrected chi connectivity index (χ2v) is 11.8. The smallest absolute Gasteiger partial charge is 0.317 e. The van der Waals surface area contributed by atoms with Crippen molar-refractivity contribution in [2.24, 2.45) is 5.92 Å². The monoisotopic (exact) mass is 586 g/mol. The molecule has 2 fully saturated rings. The molecule has 3 aromatic rings. The van der Waals surface area contributed by atoms with E-state index in [9.17, 15) is 4.79 Å². The van der Waals surface area contributed by atoms with Crippen LogP contribution in [0.4, 0.5) is 10.6 Å². The Labute approximate surface area is 232 Å². The van der Waals surface area contributed by atoms with Crippen molar-refractivity contribution in [3.05, 3.63) is 46.0 Å². The van der Waals surface area contributed by atoms with E-state index in [1.54, 1.807) is 6.20 Å². The zero-order valence-electron chi connectivity index (χ0n) is 21.5. The van der Waals surface area contributed by atoms with Crippen molar-refractivity contribution >= 4 is 45.0 Å². The van der Waals surface area contributed by atoms with Crippen LogP contribution >= 0.6 is 27.5 Å². The number of likely N-dealkylation sites (tertiary alicyclic amines) is 1. The highest BCUT2D eigenvalue weighted by Gasteiger charge is 2.33. The first-order valence-corrected chi connectivity index (χ1v) is 14.8. The number of carbonyl (C=O) groups is 1. The number of anilines is 1. The second kappa shape index (κ2) is 11.6. The summed E-state index contributed by atoms with van der Waals surface area (Å²) < 4.78 is 2.64. The molecule has 37 heavy (non-hydrogen) atoms. The number of carbonyl (C=O) groups excluding carboxylic acids is 1. The second-order valence-electron chi connectivity index (χ2n) is 10.5. The Morgan fingerprint density at radius 2 is 1.97 bits per heavy atom. The Bertz CT molecular complexity index is 1240. The maximum atomic E-state index is 13.3. The highest BCUT2D eigenvalue weighted by molar-refractivity contribution is 9.10. The summed E-state index contributed by atoms with van der Waals surface area (Å²) in [5.41, 5.74) is 2.37. The van der Waals surface area contributed by atoms with Crippen molar-refractivity contribution in [3.8, 4) is 11.3 Å². The van der Waals surface area contributed by atoms with E-state index in [-0.39, 0.29) is 11.6 Å². The lowest BCUT2D eigenvalue weighted by Gasteiger charge is -2.38. The first kappa shape index (κ1) is 26.3. The summed E-state index contributed by atoms with van der Waals surface area (Å²) >= 11 is 10.1. The number of halogens is 2. The van der Waals surface area contributed by atoms with Crippen molar-refractivity contribution in [3.63, 3.8) is 0 Å².